The number of amides is 1. The molecule has 0 aliphatic carbocycles. The van der Waals surface area contributed by atoms with E-state index < -0.39 is 23.9 Å². The molecule has 1 amide bonds. The highest BCUT2D eigenvalue weighted by atomic mass is 32.2. The summed E-state index contributed by atoms with van der Waals surface area (Å²) in [7, 11) is 4.04. The van der Waals surface area contributed by atoms with Gasteiger partial charge in [-0.25, -0.2) is 14.6 Å². The van der Waals surface area contributed by atoms with E-state index in [9.17, 15) is 14.4 Å². The number of benzene rings is 1. The molecule has 1 atom stereocenters. The van der Waals surface area contributed by atoms with E-state index in [4.69, 9.17) is 14.2 Å². The molecule has 2 heterocycles. The van der Waals surface area contributed by atoms with E-state index in [1.165, 1.54) is 32.3 Å². The molecule has 9 heteroatoms. The van der Waals surface area contributed by atoms with Gasteiger partial charge in [-0.15, -0.1) is 0 Å². The fourth-order valence-corrected chi connectivity index (χ4v) is 4.00. The van der Waals surface area contributed by atoms with Crippen molar-refractivity contribution in [1.29, 1.82) is 0 Å². The van der Waals surface area contributed by atoms with Crippen molar-refractivity contribution < 1.29 is 28.6 Å². The molecule has 0 spiro atoms. The topological polar surface area (TPSA) is 94.5 Å². The van der Waals surface area contributed by atoms with Gasteiger partial charge in [-0.3, -0.25) is 9.69 Å². The molecule has 0 unspecified atom stereocenters. The van der Waals surface area contributed by atoms with Crippen molar-refractivity contribution in [3.63, 3.8) is 0 Å². The summed E-state index contributed by atoms with van der Waals surface area (Å²) in [4.78, 5) is 43.2. The largest absolute Gasteiger partial charge is 0.497 e. The van der Waals surface area contributed by atoms with Gasteiger partial charge in [0.2, 0.25) is 0 Å². The van der Waals surface area contributed by atoms with Gasteiger partial charge in [0.05, 0.1) is 38.6 Å². The minimum absolute atomic E-state index is 0.126. The third-order valence-corrected chi connectivity index (χ3v) is 5.26. The average Bonchev–Trinajstić information content (AvgIpc) is 2.71. The van der Waals surface area contributed by atoms with Crippen LogP contribution in [0.1, 0.15) is 18.5 Å². The van der Waals surface area contributed by atoms with Crippen molar-refractivity contribution >= 4 is 34.8 Å². The van der Waals surface area contributed by atoms with Crippen LogP contribution in [0.5, 0.6) is 5.75 Å². The number of hydrogen-bond donors (Lipinski definition) is 0. The van der Waals surface area contributed by atoms with Crippen molar-refractivity contribution in [2.24, 2.45) is 4.99 Å². The Morgan fingerprint density at radius 1 is 1.14 bits per heavy atom. The van der Waals surface area contributed by atoms with E-state index in [0.29, 0.717) is 17.0 Å². The van der Waals surface area contributed by atoms with Crippen LogP contribution in [0.15, 0.2) is 51.5 Å². The second-order valence-electron chi connectivity index (χ2n) is 5.87. The van der Waals surface area contributed by atoms with Gasteiger partial charge < -0.3 is 14.2 Å². The van der Waals surface area contributed by atoms with E-state index >= 15 is 0 Å². The molecule has 8 nitrogen and oxygen atoms in total. The monoisotopic (exact) mass is 402 g/mol. The highest BCUT2D eigenvalue weighted by Gasteiger charge is 2.42. The van der Waals surface area contributed by atoms with Gasteiger partial charge in [0.25, 0.3) is 5.91 Å². The summed E-state index contributed by atoms with van der Waals surface area (Å²) in [6.07, 6.45) is 1.18. The predicted molar refractivity (Wildman–Crippen MR) is 102 cm³/mol. The van der Waals surface area contributed by atoms with Gasteiger partial charge in [-0.1, -0.05) is 12.1 Å². The Morgan fingerprint density at radius 3 is 2.50 bits per heavy atom. The van der Waals surface area contributed by atoms with E-state index in [1.807, 2.05) is 0 Å². The summed E-state index contributed by atoms with van der Waals surface area (Å²) < 4.78 is 14.9. The Hall–Kier alpha value is -3.07. The molecule has 0 radical (unpaired) electrons. The molecule has 0 saturated carbocycles. The van der Waals surface area contributed by atoms with Crippen molar-refractivity contribution in [2.75, 3.05) is 21.3 Å². The smallest absolute Gasteiger partial charge is 0.345 e. The van der Waals surface area contributed by atoms with Crippen LogP contribution in [-0.4, -0.2) is 49.2 Å². The predicted octanol–water partition coefficient (Wildman–Crippen LogP) is 2.19. The van der Waals surface area contributed by atoms with Gasteiger partial charge in [-0.05, 0) is 36.4 Å². The van der Waals surface area contributed by atoms with E-state index in [0.717, 1.165) is 11.8 Å². The molecule has 146 valence electrons. The standard InChI is InChI=1S/C19H18N2O6S/c1-10-15(18(24)27-4)16(11-6-5-7-12(8-11)25-2)21-14(22)9-13(17(23)26-3)28-19(21)20-10/h5-9,16H,1-4H3/t16-/m0/s1. The van der Waals surface area contributed by atoms with E-state index in [2.05, 4.69) is 4.99 Å². The van der Waals surface area contributed by atoms with E-state index in [-0.39, 0.29) is 15.6 Å². The Labute approximate surface area is 165 Å². The lowest BCUT2D eigenvalue weighted by atomic mass is 9.94. The lowest BCUT2D eigenvalue weighted by molar-refractivity contribution is -0.138. The number of esters is 2. The number of amidine groups is 1. The summed E-state index contributed by atoms with van der Waals surface area (Å²) in [5.41, 5.74) is 1.29. The Balaban J connectivity index is 2.18. The Kier molecular flexibility index (Phi) is 5.55. The molecule has 0 aromatic heterocycles. The number of nitrogens with zero attached hydrogens (tertiary/aromatic N) is 2. The third kappa shape index (κ3) is 3.40. The van der Waals surface area contributed by atoms with Crippen molar-refractivity contribution in [2.45, 2.75) is 13.0 Å². The average molecular weight is 402 g/mol. The zero-order valence-corrected chi connectivity index (χ0v) is 16.5. The molecule has 1 aromatic rings. The van der Waals surface area contributed by atoms with E-state index in [1.54, 1.807) is 31.2 Å². The van der Waals surface area contributed by atoms with Crippen molar-refractivity contribution in [3.8, 4) is 5.75 Å². The summed E-state index contributed by atoms with van der Waals surface area (Å²) in [5.74, 6) is -1.13. The van der Waals surface area contributed by atoms with Gasteiger partial charge in [0.1, 0.15) is 10.7 Å². The maximum Gasteiger partial charge on any atom is 0.345 e. The number of methoxy groups -OCH3 is 3. The molecule has 28 heavy (non-hydrogen) atoms. The summed E-state index contributed by atoms with van der Waals surface area (Å²) in [6.45, 7) is 1.66. The highest BCUT2D eigenvalue weighted by molar-refractivity contribution is 8.18. The minimum atomic E-state index is -0.773. The number of carbonyl (C=O) groups excluding carboxylic acids is 3. The maximum absolute atomic E-state index is 12.9. The number of ether oxygens (including phenoxy) is 3. The van der Waals surface area contributed by atoms with Crippen LogP contribution in [0.3, 0.4) is 0 Å². The fraction of sp³-hybridized carbons (Fsp3) is 0.263. The molecule has 2 aliphatic heterocycles. The van der Waals surface area contributed by atoms with Crippen LogP contribution in [-0.2, 0) is 23.9 Å². The molecular formula is C19H18N2O6S. The molecule has 3 rings (SSSR count). The van der Waals surface area contributed by atoms with Gasteiger partial charge in [-0.2, -0.15) is 0 Å². The summed E-state index contributed by atoms with van der Waals surface area (Å²) in [5, 5.41) is 0.283. The third-order valence-electron chi connectivity index (χ3n) is 4.29. The number of hydrogen-bond acceptors (Lipinski definition) is 8. The van der Waals surface area contributed by atoms with Gasteiger partial charge in [0.15, 0.2) is 5.17 Å². The molecule has 0 saturated heterocycles. The number of thioether (sulfide) groups is 1. The highest BCUT2D eigenvalue weighted by Crippen LogP contribution is 2.42. The van der Waals surface area contributed by atoms with Crippen LogP contribution in [0, 0.1) is 0 Å². The quantitative estimate of drug-likeness (QED) is 0.713. The SMILES string of the molecule is COC(=O)C1=CC(=O)N2C(=NC(C)=C(C(=O)OC)[C@@H]2c2cccc(OC)c2)S1. The first-order chi connectivity index (χ1) is 13.4. The fourth-order valence-electron chi connectivity index (χ4n) is 3.00. The van der Waals surface area contributed by atoms with Crippen molar-refractivity contribution in [1.82, 2.24) is 4.90 Å². The Morgan fingerprint density at radius 2 is 1.86 bits per heavy atom. The van der Waals surface area contributed by atoms with Crippen LogP contribution >= 0.6 is 11.8 Å². The van der Waals surface area contributed by atoms with Crippen molar-refractivity contribution in [3.05, 3.63) is 52.1 Å². The second-order valence-corrected chi connectivity index (χ2v) is 6.88. The van der Waals surface area contributed by atoms with Crippen LogP contribution in [0.4, 0.5) is 0 Å². The minimum Gasteiger partial charge on any atom is -0.497 e. The zero-order valence-electron chi connectivity index (χ0n) is 15.7. The number of aliphatic imine (C=N–C) groups is 1. The first-order valence-electron chi connectivity index (χ1n) is 8.24. The number of allylic oxidation sites excluding steroid dienone is 1. The van der Waals surface area contributed by atoms with Gasteiger partial charge in [0, 0.05) is 6.08 Å². The number of carbonyl (C=O) groups is 3. The number of fused-ring (bicyclic) bond motifs is 1. The molecule has 2 aliphatic rings. The first kappa shape index (κ1) is 19.7. The normalized spacial score (nSPS) is 18.8. The molecular weight excluding hydrogens is 384 g/mol. The van der Waals surface area contributed by atoms with Crippen LogP contribution < -0.4 is 4.74 Å². The van der Waals surface area contributed by atoms with Crippen LogP contribution in [0.2, 0.25) is 0 Å². The summed E-state index contributed by atoms with van der Waals surface area (Å²) in [6, 6.07) is 6.27. The second kappa shape index (κ2) is 7.89. The lowest BCUT2D eigenvalue weighted by Crippen LogP contribution is -2.44. The molecule has 1 aromatic carbocycles. The first-order valence-corrected chi connectivity index (χ1v) is 9.05. The molecule has 0 N–H and O–H groups in total. The maximum atomic E-state index is 12.9. The van der Waals surface area contributed by atoms with Gasteiger partial charge >= 0.3 is 11.9 Å². The Bertz CT molecular complexity index is 949. The lowest BCUT2D eigenvalue weighted by Gasteiger charge is -2.37. The molecule has 0 fully saturated rings. The zero-order chi connectivity index (χ0) is 20.4. The molecule has 0 bridgehead atoms. The summed E-state index contributed by atoms with van der Waals surface area (Å²) >= 11 is 1.01. The van der Waals surface area contributed by atoms with Crippen LogP contribution in [0.25, 0.3) is 0 Å². The number of rotatable bonds is 4.